The number of hydrogen-bond donors (Lipinski definition) is 0. The number of nitrogens with zero attached hydrogens (tertiary/aromatic N) is 5. The quantitative estimate of drug-likeness (QED) is 0.139. The third-order valence-electron chi connectivity index (χ3n) is 9.97. The first-order valence-electron chi connectivity index (χ1n) is 17.2. The summed E-state index contributed by atoms with van der Waals surface area (Å²) in [4.78, 5) is 23.9. The zero-order valence-electron chi connectivity index (χ0n) is 27.8. The molecule has 0 fully saturated rings. The van der Waals surface area contributed by atoms with Crippen molar-refractivity contribution >= 4 is 59.9 Å². The Bertz CT molecular complexity index is 3090. The molecule has 3 aromatic heterocycles. The van der Waals surface area contributed by atoms with Crippen LogP contribution in [0.3, 0.4) is 0 Å². The molecule has 0 aliphatic heterocycles. The second kappa shape index (κ2) is 11.9. The van der Waals surface area contributed by atoms with E-state index in [9.17, 15) is 0 Å². The molecule has 0 unspecified atom stereocenters. The van der Waals surface area contributed by atoms with Crippen molar-refractivity contribution in [2.45, 2.75) is 0 Å². The van der Waals surface area contributed by atoms with E-state index >= 15 is 0 Å². The smallest absolute Gasteiger partial charge is 0.194 e. The summed E-state index contributed by atoms with van der Waals surface area (Å²) in [7, 11) is 0. The summed E-state index contributed by atoms with van der Waals surface area (Å²) in [6.07, 6.45) is 3.72. The van der Waals surface area contributed by atoms with Crippen LogP contribution >= 0.6 is 0 Å². The number of fused-ring (bicyclic) bond motifs is 7. The highest BCUT2D eigenvalue weighted by molar-refractivity contribution is 6.23. The van der Waals surface area contributed by atoms with Gasteiger partial charge in [-0.3, -0.25) is 9.97 Å². The van der Waals surface area contributed by atoms with Crippen LogP contribution in [0, 0.1) is 6.57 Å². The molecule has 10 aromatic rings. The van der Waals surface area contributed by atoms with E-state index in [4.69, 9.17) is 26.5 Å². The molecule has 7 aromatic carbocycles. The zero-order chi connectivity index (χ0) is 34.6. The lowest BCUT2D eigenvalue weighted by molar-refractivity contribution is 1.23. The van der Waals surface area contributed by atoms with Crippen molar-refractivity contribution in [3.63, 3.8) is 0 Å². The molecule has 0 atom stereocenters. The molecule has 0 aliphatic rings. The maximum Gasteiger partial charge on any atom is 0.194 e. The minimum absolute atomic E-state index is 0.643. The molecular formula is C47H27N5. The van der Waals surface area contributed by atoms with Crippen molar-refractivity contribution in [2.24, 2.45) is 0 Å². The number of benzene rings is 7. The van der Waals surface area contributed by atoms with Gasteiger partial charge in [0.2, 0.25) is 0 Å². The van der Waals surface area contributed by atoms with E-state index in [0.29, 0.717) is 11.5 Å². The Kier molecular flexibility index (Phi) is 6.80. The molecule has 52 heavy (non-hydrogen) atoms. The number of para-hydroxylation sites is 1. The highest BCUT2D eigenvalue weighted by Crippen LogP contribution is 2.43. The minimum atomic E-state index is 0.643. The Morgan fingerprint density at radius 1 is 0.404 bits per heavy atom. The third kappa shape index (κ3) is 4.70. The van der Waals surface area contributed by atoms with Crippen molar-refractivity contribution in [1.82, 2.24) is 19.9 Å². The molecular weight excluding hydrogens is 635 g/mol. The van der Waals surface area contributed by atoms with Crippen LogP contribution in [0.5, 0.6) is 0 Å². The molecule has 0 saturated heterocycles. The van der Waals surface area contributed by atoms with Crippen LogP contribution in [0.4, 0.5) is 5.69 Å². The molecule has 0 N–H and O–H groups in total. The Balaban J connectivity index is 1.21. The molecule has 0 radical (unpaired) electrons. The molecule has 0 aliphatic carbocycles. The van der Waals surface area contributed by atoms with Crippen LogP contribution in [-0.2, 0) is 0 Å². The number of pyridine rings is 2. The van der Waals surface area contributed by atoms with Gasteiger partial charge in [-0.05, 0) is 69.1 Å². The van der Waals surface area contributed by atoms with Crippen LogP contribution in [-0.4, -0.2) is 19.9 Å². The molecule has 240 valence electrons. The number of aromatic nitrogens is 4. The van der Waals surface area contributed by atoms with Crippen molar-refractivity contribution in [3.8, 4) is 44.9 Å². The fraction of sp³-hybridized carbons (Fsp3) is 0. The van der Waals surface area contributed by atoms with Crippen LogP contribution in [0.15, 0.2) is 164 Å². The Morgan fingerprint density at radius 3 is 1.79 bits per heavy atom. The Labute approximate surface area is 299 Å². The summed E-state index contributed by atoms with van der Waals surface area (Å²) in [6.45, 7) is 7.76. The molecule has 10 rings (SSSR count). The standard InChI is InChI=1S/C47H27N5/c1-48-42-23-22-33(32-16-5-6-17-34(32)42)41-28-40-35-19-10-24-49-45(35)38(27-39(40)36-20-11-25-50-46(36)41)30-14-9-15-31(26-30)47-51-43-21-8-7-18-37(43)44(52-47)29-12-3-2-4-13-29/h2-28H. The van der Waals surface area contributed by atoms with Crippen molar-refractivity contribution in [3.05, 3.63) is 175 Å². The highest BCUT2D eigenvalue weighted by atomic mass is 14.9. The average molecular weight is 662 g/mol. The fourth-order valence-electron chi connectivity index (χ4n) is 7.59. The van der Waals surface area contributed by atoms with Gasteiger partial charge in [0.25, 0.3) is 0 Å². The van der Waals surface area contributed by atoms with Gasteiger partial charge in [0.1, 0.15) is 0 Å². The van der Waals surface area contributed by atoms with E-state index in [1.165, 1.54) is 0 Å². The normalized spacial score (nSPS) is 11.4. The summed E-state index contributed by atoms with van der Waals surface area (Å²) in [5.41, 5.74) is 10.4. The number of hydrogen-bond acceptors (Lipinski definition) is 4. The Hall–Kier alpha value is -7.29. The van der Waals surface area contributed by atoms with Gasteiger partial charge >= 0.3 is 0 Å². The average Bonchev–Trinajstić information content (AvgIpc) is 3.22. The van der Waals surface area contributed by atoms with E-state index in [1.807, 2.05) is 85.2 Å². The number of rotatable bonds is 4. The zero-order valence-corrected chi connectivity index (χ0v) is 27.8. The highest BCUT2D eigenvalue weighted by Gasteiger charge is 2.18. The van der Waals surface area contributed by atoms with Gasteiger partial charge in [-0.15, -0.1) is 0 Å². The summed E-state index contributed by atoms with van der Waals surface area (Å²) < 4.78 is 0. The second-order valence-corrected chi connectivity index (χ2v) is 12.9. The summed E-state index contributed by atoms with van der Waals surface area (Å²) in [6, 6.07) is 51.9. The topological polar surface area (TPSA) is 55.9 Å². The SMILES string of the molecule is [C-]#[N+]c1ccc(-c2cc3c4cccnc4c(-c4cccc(-c5nc(-c6ccccc6)c6ccccc6n5)c4)cc3c3cccnc23)c2ccccc12. The van der Waals surface area contributed by atoms with E-state index in [1.54, 1.807) is 0 Å². The molecule has 0 spiro atoms. The lowest BCUT2D eigenvalue weighted by atomic mass is 9.89. The first kappa shape index (κ1) is 29.6. The van der Waals surface area contributed by atoms with Gasteiger partial charge in [-0.2, -0.15) is 0 Å². The maximum absolute atomic E-state index is 7.76. The maximum atomic E-state index is 7.76. The van der Waals surface area contributed by atoms with E-state index in [0.717, 1.165) is 93.3 Å². The summed E-state index contributed by atoms with van der Waals surface area (Å²) in [5.74, 6) is 0.674. The molecule has 3 heterocycles. The predicted octanol–water partition coefficient (Wildman–Crippen LogP) is 12.3. The third-order valence-corrected chi connectivity index (χ3v) is 9.97. The minimum Gasteiger partial charge on any atom is -0.256 e. The van der Waals surface area contributed by atoms with Gasteiger partial charge in [0, 0.05) is 50.8 Å². The lowest BCUT2D eigenvalue weighted by Gasteiger charge is -2.16. The van der Waals surface area contributed by atoms with Crippen molar-refractivity contribution in [1.29, 1.82) is 0 Å². The fourth-order valence-corrected chi connectivity index (χ4v) is 7.59. The predicted molar refractivity (Wildman–Crippen MR) is 213 cm³/mol. The largest absolute Gasteiger partial charge is 0.256 e. The summed E-state index contributed by atoms with van der Waals surface area (Å²) in [5, 5.41) is 7.31. The van der Waals surface area contributed by atoms with Gasteiger partial charge in [0.05, 0.1) is 28.8 Å². The van der Waals surface area contributed by atoms with Crippen molar-refractivity contribution in [2.75, 3.05) is 0 Å². The van der Waals surface area contributed by atoms with Crippen LogP contribution in [0.1, 0.15) is 0 Å². The van der Waals surface area contributed by atoms with Crippen molar-refractivity contribution < 1.29 is 0 Å². The molecule has 0 amide bonds. The summed E-state index contributed by atoms with van der Waals surface area (Å²) >= 11 is 0. The van der Waals surface area contributed by atoms with E-state index in [2.05, 4.69) is 83.7 Å². The van der Waals surface area contributed by atoms with Crippen LogP contribution in [0.25, 0.3) is 104 Å². The van der Waals surface area contributed by atoms with Gasteiger partial charge < -0.3 is 0 Å². The molecule has 0 bridgehead atoms. The first-order chi connectivity index (χ1) is 25.7. The van der Waals surface area contributed by atoms with Crippen LogP contribution in [0.2, 0.25) is 0 Å². The van der Waals surface area contributed by atoms with Gasteiger partial charge in [-0.25, -0.2) is 14.8 Å². The van der Waals surface area contributed by atoms with Gasteiger partial charge in [-0.1, -0.05) is 115 Å². The van der Waals surface area contributed by atoms with E-state index < -0.39 is 0 Å². The molecule has 5 nitrogen and oxygen atoms in total. The monoisotopic (exact) mass is 661 g/mol. The second-order valence-electron chi connectivity index (χ2n) is 12.9. The van der Waals surface area contributed by atoms with E-state index in [-0.39, 0.29) is 0 Å². The molecule has 5 heteroatoms. The van der Waals surface area contributed by atoms with Gasteiger partial charge in [0.15, 0.2) is 11.5 Å². The lowest BCUT2D eigenvalue weighted by Crippen LogP contribution is -1.96. The van der Waals surface area contributed by atoms with Crippen LogP contribution < -0.4 is 0 Å². The first-order valence-corrected chi connectivity index (χ1v) is 17.2. The Morgan fingerprint density at radius 2 is 1.02 bits per heavy atom. The molecule has 0 saturated carbocycles.